The van der Waals surface area contributed by atoms with Gasteiger partial charge in [-0.1, -0.05) is 32.0 Å². The van der Waals surface area contributed by atoms with E-state index >= 15 is 0 Å². The molecule has 118 valence electrons. The number of nitrogens with zero attached hydrogens (tertiary/aromatic N) is 4. The zero-order chi connectivity index (χ0) is 16.0. The van der Waals surface area contributed by atoms with Gasteiger partial charge in [-0.3, -0.25) is 0 Å². The molecule has 0 saturated carbocycles. The van der Waals surface area contributed by atoms with Crippen LogP contribution >= 0.6 is 0 Å². The number of para-hydroxylation sites is 1. The summed E-state index contributed by atoms with van der Waals surface area (Å²) in [5, 5.41) is 1.19. The van der Waals surface area contributed by atoms with Gasteiger partial charge in [0, 0.05) is 37.0 Å². The fraction of sp³-hybridized carbons (Fsp3) is 0.368. The van der Waals surface area contributed by atoms with E-state index in [-0.39, 0.29) is 0 Å². The largest absolute Gasteiger partial charge is 0.350 e. The number of hydrogen-bond donors (Lipinski definition) is 0. The third-order valence-corrected chi connectivity index (χ3v) is 4.71. The van der Waals surface area contributed by atoms with Crippen LogP contribution in [0.25, 0.3) is 10.9 Å². The molecule has 0 spiro atoms. The maximum atomic E-state index is 4.88. The molecule has 0 radical (unpaired) electrons. The quantitative estimate of drug-likeness (QED) is 0.724. The van der Waals surface area contributed by atoms with Crippen LogP contribution in [0.5, 0.6) is 0 Å². The molecule has 0 aliphatic carbocycles. The molecule has 3 heterocycles. The van der Waals surface area contributed by atoms with Crippen molar-refractivity contribution in [2.45, 2.75) is 32.7 Å². The van der Waals surface area contributed by atoms with Crippen LogP contribution < -0.4 is 4.90 Å². The zero-order valence-electron chi connectivity index (χ0n) is 14.0. The van der Waals surface area contributed by atoms with Gasteiger partial charge in [-0.25, -0.2) is 9.97 Å². The van der Waals surface area contributed by atoms with E-state index in [9.17, 15) is 0 Å². The number of aromatic nitrogens is 3. The lowest BCUT2D eigenvalue weighted by Crippen LogP contribution is -2.31. The first-order chi connectivity index (χ1) is 11.1. The molecule has 2 aromatic heterocycles. The third kappa shape index (κ3) is 2.38. The molecule has 4 nitrogen and oxygen atoms in total. The number of rotatable bonds is 2. The van der Waals surface area contributed by atoms with Crippen LogP contribution in [0.3, 0.4) is 0 Å². The summed E-state index contributed by atoms with van der Waals surface area (Å²) in [4.78, 5) is 12.0. The van der Waals surface area contributed by atoms with Crippen molar-refractivity contribution >= 4 is 16.7 Å². The van der Waals surface area contributed by atoms with Gasteiger partial charge in [-0.05, 0) is 18.2 Å². The van der Waals surface area contributed by atoms with E-state index in [1.807, 2.05) is 6.07 Å². The van der Waals surface area contributed by atoms with E-state index in [0.717, 1.165) is 30.8 Å². The molecule has 0 unspecified atom stereocenters. The molecular formula is C19H22N4. The Morgan fingerprint density at radius 2 is 1.87 bits per heavy atom. The molecule has 1 aliphatic rings. The van der Waals surface area contributed by atoms with E-state index in [4.69, 9.17) is 9.97 Å². The summed E-state index contributed by atoms with van der Waals surface area (Å²) >= 11 is 0. The van der Waals surface area contributed by atoms with Crippen LogP contribution in [0.2, 0.25) is 0 Å². The van der Waals surface area contributed by atoms with Crippen molar-refractivity contribution < 1.29 is 0 Å². The van der Waals surface area contributed by atoms with Gasteiger partial charge in [-0.2, -0.15) is 0 Å². The minimum atomic E-state index is 0.456. The normalized spacial score (nSPS) is 14.5. The molecule has 0 bridgehead atoms. The fourth-order valence-corrected chi connectivity index (χ4v) is 3.49. The minimum Gasteiger partial charge on any atom is -0.350 e. The van der Waals surface area contributed by atoms with Gasteiger partial charge < -0.3 is 9.47 Å². The van der Waals surface area contributed by atoms with Crippen molar-refractivity contribution in [2.24, 2.45) is 7.05 Å². The van der Waals surface area contributed by atoms with Crippen molar-refractivity contribution in [3.63, 3.8) is 0 Å². The maximum absolute atomic E-state index is 4.88. The molecular weight excluding hydrogens is 284 g/mol. The zero-order valence-corrected chi connectivity index (χ0v) is 14.0. The van der Waals surface area contributed by atoms with Gasteiger partial charge >= 0.3 is 0 Å². The number of hydrogen-bond acceptors (Lipinski definition) is 3. The number of anilines is 1. The highest BCUT2D eigenvalue weighted by Crippen LogP contribution is 2.27. The summed E-state index contributed by atoms with van der Waals surface area (Å²) in [7, 11) is 2.14. The molecule has 4 heteroatoms. The molecule has 4 rings (SSSR count). The first kappa shape index (κ1) is 14.2. The van der Waals surface area contributed by atoms with E-state index in [2.05, 4.69) is 60.7 Å². The first-order valence-electron chi connectivity index (χ1n) is 8.28. The SMILES string of the molecule is CC(C)c1nc2c(n1C)CCN(c1ccc3ccccc3n1)C2. The summed E-state index contributed by atoms with van der Waals surface area (Å²) in [6.07, 6.45) is 1.03. The lowest BCUT2D eigenvalue weighted by atomic mass is 10.1. The Bertz CT molecular complexity index is 863. The summed E-state index contributed by atoms with van der Waals surface area (Å²) in [5.41, 5.74) is 3.64. The van der Waals surface area contributed by atoms with Crippen molar-refractivity contribution in [3.05, 3.63) is 53.6 Å². The number of pyridine rings is 1. The second kappa shape index (κ2) is 5.37. The summed E-state index contributed by atoms with van der Waals surface area (Å²) in [5.74, 6) is 2.69. The van der Waals surface area contributed by atoms with Crippen molar-refractivity contribution in [1.82, 2.24) is 14.5 Å². The van der Waals surface area contributed by atoms with Gasteiger partial charge in [0.25, 0.3) is 0 Å². The average molecular weight is 306 g/mol. The first-order valence-corrected chi connectivity index (χ1v) is 8.28. The predicted molar refractivity (Wildman–Crippen MR) is 93.8 cm³/mol. The molecule has 0 fully saturated rings. The van der Waals surface area contributed by atoms with Gasteiger partial charge in [0.05, 0.1) is 17.8 Å². The van der Waals surface area contributed by atoms with Crippen LogP contribution in [0.4, 0.5) is 5.82 Å². The van der Waals surface area contributed by atoms with Gasteiger partial charge in [-0.15, -0.1) is 0 Å². The molecule has 0 amide bonds. The highest BCUT2D eigenvalue weighted by molar-refractivity contribution is 5.80. The Morgan fingerprint density at radius 3 is 2.70 bits per heavy atom. The van der Waals surface area contributed by atoms with Crippen molar-refractivity contribution in [1.29, 1.82) is 0 Å². The molecule has 1 aromatic carbocycles. The average Bonchev–Trinajstić information content (AvgIpc) is 2.91. The van der Waals surface area contributed by atoms with Crippen LogP contribution in [-0.4, -0.2) is 21.1 Å². The van der Waals surface area contributed by atoms with E-state index < -0.39 is 0 Å². The van der Waals surface area contributed by atoms with Crippen LogP contribution in [0, 0.1) is 0 Å². The minimum absolute atomic E-state index is 0.456. The fourth-order valence-electron chi connectivity index (χ4n) is 3.49. The van der Waals surface area contributed by atoms with Crippen molar-refractivity contribution in [3.8, 4) is 0 Å². The van der Waals surface area contributed by atoms with Crippen LogP contribution in [0.1, 0.15) is 37.0 Å². The number of benzene rings is 1. The molecule has 1 aliphatic heterocycles. The van der Waals surface area contributed by atoms with Crippen molar-refractivity contribution in [2.75, 3.05) is 11.4 Å². The summed E-state index contributed by atoms with van der Waals surface area (Å²) < 4.78 is 2.28. The standard InChI is InChI=1S/C19H22N4/c1-13(2)19-21-16-12-23(11-10-17(16)22(19)3)18-9-8-14-6-4-5-7-15(14)20-18/h4-9,13H,10-12H2,1-3H3. The lowest BCUT2D eigenvalue weighted by molar-refractivity contribution is 0.659. The number of fused-ring (bicyclic) bond motifs is 2. The Kier molecular flexibility index (Phi) is 3.33. The Hall–Kier alpha value is -2.36. The second-order valence-electron chi connectivity index (χ2n) is 6.61. The third-order valence-electron chi connectivity index (χ3n) is 4.71. The van der Waals surface area contributed by atoms with Gasteiger partial charge in [0.15, 0.2) is 0 Å². The molecule has 0 atom stereocenters. The van der Waals surface area contributed by atoms with Crippen LogP contribution in [0.15, 0.2) is 36.4 Å². The maximum Gasteiger partial charge on any atom is 0.129 e. The summed E-state index contributed by atoms with van der Waals surface area (Å²) in [6, 6.07) is 12.6. The summed E-state index contributed by atoms with van der Waals surface area (Å²) in [6.45, 7) is 6.25. The van der Waals surface area contributed by atoms with Crippen LogP contribution in [-0.2, 0) is 20.0 Å². The van der Waals surface area contributed by atoms with Gasteiger partial charge in [0.2, 0.25) is 0 Å². The predicted octanol–water partition coefficient (Wildman–Crippen LogP) is 3.65. The van der Waals surface area contributed by atoms with E-state index in [1.165, 1.54) is 22.6 Å². The molecule has 0 saturated heterocycles. The van der Waals surface area contributed by atoms with Gasteiger partial charge in [0.1, 0.15) is 11.6 Å². The number of imidazole rings is 1. The van der Waals surface area contributed by atoms with E-state index in [1.54, 1.807) is 0 Å². The topological polar surface area (TPSA) is 34.0 Å². The Labute approximate surface area is 136 Å². The highest BCUT2D eigenvalue weighted by atomic mass is 15.2. The highest BCUT2D eigenvalue weighted by Gasteiger charge is 2.24. The second-order valence-corrected chi connectivity index (χ2v) is 6.61. The smallest absolute Gasteiger partial charge is 0.129 e. The van der Waals surface area contributed by atoms with E-state index in [0.29, 0.717) is 5.92 Å². The Balaban J connectivity index is 1.67. The monoisotopic (exact) mass is 306 g/mol. The Morgan fingerprint density at radius 1 is 1.04 bits per heavy atom. The molecule has 0 N–H and O–H groups in total. The molecule has 3 aromatic rings. The lowest BCUT2D eigenvalue weighted by Gasteiger charge is -2.28. The molecule has 23 heavy (non-hydrogen) atoms.